The van der Waals surface area contributed by atoms with Gasteiger partial charge < -0.3 is 25.4 Å². The molecule has 1 saturated heterocycles. The van der Waals surface area contributed by atoms with Crippen LogP contribution in [-0.2, 0) is 4.74 Å². The number of fused-ring (bicyclic) bond motifs is 1. The highest BCUT2D eigenvalue weighted by Crippen LogP contribution is 2.32. The first-order chi connectivity index (χ1) is 11.7. The number of nitrogens with one attached hydrogen (secondary N) is 1. The van der Waals surface area contributed by atoms with Gasteiger partial charge in [0.15, 0.2) is 23.2 Å². The minimum Gasteiger partial charge on any atom is -0.394 e. The summed E-state index contributed by atoms with van der Waals surface area (Å²) >= 11 is 0. The molecule has 25 heavy (non-hydrogen) atoms. The predicted molar refractivity (Wildman–Crippen MR) is 90.1 cm³/mol. The van der Waals surface area contributed by atoms with Crippen molar-refractivity contribution in [3.05, 3.63) is 12.4 Å². The van der Waals surface area contributed by atoms with Crippen LogP contribution in [0.15, 0.2) is 6.33 Å². The SMILES string of the molecule is C[Si](C)(C)CNc1nc(F)nc2c1ncn2[C@H]1O[C@@H](CO)[C@H](O)[C@@H]1O. The minimum atomic E-state index is -1.45. The first-order valence-corrected chi connectivity index (χ1v) is 11.7. The van der Waals surface area contributed by atoms with Gasteiger partial charge in [-0.05, 0) is 0 Å². The fraction of sp³-hybridized carbons (Fsp3) is 0.643. The first-order valence-electron chi connectivity index (χ1n) is 7.97. The van der Waals surface area contributed by atoms with Gasteiger partial charge in [0.05, 0.1) is 21.0 Å². The molecule has 0 bridgehead atoms. The third-order valence-electron chi connectivity index (χ3n) is 3.97. The van der Waals surface area contributed by atoms with Crippen LogP contribution in [0.1, 0.15) is 6.23 Å². The molecule has 4 N–H and O–H groups in total. The zero-order chi connectivity index (χ0) is 18.4. The molecule has 1 aliphatic heterocycles. The van der Waals surface area contributed by atoms with E-state index in [1.54, 1.807) is 0 Å². The molecule has 2 aromatic heterocycles. The van der Waals surface area contributed by atoms with Crippen molar-refractivity contribution in [1.29, 1.82) is 0 Å². The number of imidazole rings is 1. The molecule has 2 aromatic rings. The molecule has 0 aromatic carbocycles. The zero-order valence-electron chi connectivity index (χ0n) is 14.2. The molecule has 11 heteroatoms. The molecule has 3 heterocycles. The quantitative estimate of drug-likeness (QED) is 0.423. The van der Waals surface area contributed by atoms with Crippen LogP contribution in [0.3, 0.4) is 0 Å². The monoisotopic (exact) mass is 371 g/mol. The largest absolute Gasteiger partial charge is 0.394 e. The van der Waals surface area contributed by atoms with E-state index in [1.807, 2.05) is 0 Å². The number of aliphatic hydroxyl groups excluding tert-OH is 3. The normalized spacial score (nSPS) is 27.2. The first kappa shape index (κ1) is 18.1. The molecule has 0 radical (unpaired) electrons. The van der Waals surface area contributed by atoms with Crippen LogP contribution in [-0.4, -0.2) is 74.0 Å². The van der Waals surface area contributed by atoms with E-state index >= 15 is 0 Å². The van der Waals surface area contributed by atoms with Gasteiger partial charge in [0, 0.05) is 6.17 Å². The second kappa shape index (κ2) is 6.57. The van der Waals surface area contributed by atoms with Crippen LogP contribution in [0.5, 0.6) is 0 Å². The zero-order valence-corrected chi connectivity index (χ0v) is 15.2. The summed E-state index contributed by atoms with van der Waals surface area (Å²) in [7, 11) is -1.45. The average molecular weight is 371 g/mol. The van der Waals surface area contributed by atoms with Gasteiger partial charge in [-0.15, -0.1) is 0 Å². The summed E-state index contributed by atoms with van der Waals surface area (Å²) in [6.45, 7) is 6.03. The molecular formula is C14H22FN5O4Si. The lowest BCUT2D eigenvalue weighted by Crippen LogP contribution is -2.33. The predicted octanol–water partition coefficient (Wildman–Crippen LogP) is -0.134. The number of ether oxygens (including phenoxy) is 1. The topological polar surface area (TPSA) is 126 Å². The summed E-state index contributed by atoms with van der Waals surface area (Å²) in [5.74, 6) is 0.274. The Hall–Kier alpha value is -1.66. The van der Waals surface area contributed by atoms with Gasteiger partial charge in [-0.25, -0.2) is 4.98 Å². The Labute approximate surface area is 144 Å². The fourth-order valence-corrected chi connectivity index (χ4v) is 3.36. The Morgan fingerprint density at radius 1 is 1.28 bits per heavy atom. The molecule has 1 aliphatic rings. The Bertz CT molecular complexity index is 767. The molecule has 4 atom stereocenters. The number of anilines is 1. The molecule has 0 aliphatic carbocycles. The van der Waals surface area contributed by atoms with E-state index in [1.165, 1.54) is 10.9 Å². The average Bonchev–Trinajstić information content (AvgIpc) is 3.06. The van der Waals surface area contributed by atoms with E-state index in [0.717, 1.165) is 0 Å². The van der Waals surface area contributed by atoms with E-state index in [9.17, 15) is 19.7 Å². The lowest BCUT2D eigenvalue weighted by atomic mass is 10.1. The van der Waals surface area contributed by atoms with Crippen molar-refractivity contribution in [2.75, 3.05) is 18.1 Å². The van der Waals surface area contributed by atoms with Gasteiger partial charge in [0.2, 0.25) is 0 Å². The lowest BCUT2D eigenvalue weighted by Gasteiger charge is -2.18. The van der Waals surface area contributed by atoms with Gasteiger partial charge in [-0.1, -0.05) is 19.6 Å². The van der Waals surface area contributed by atoms with Crippen molar-refractivity contribution in [2.45, 2.75) is 44.2 Å². The van der Waals surface area contributed by atoms with Crippen molar-refractivity contribution in [1.82, 2.24) is 19.5 Å². The molecule has 0 saturated carbocycles. The molecule has 0 unspecified atom stereocenters. The minimum absolute atomic E-state index is 0.139. The second-order valence-electron chi connectivity index (χ2n) is 7.31. The lowest BCUT2D eigenvalue weighted by molar-refractivity contribution is -0.0511. The van der Waals surface area contributed by atoms with Gasteiger partial charge in [-0.3, -0.25) is 4.57 Å². The summed E-state index contributed by atoms with van der Waals surface area (Å²) in [5.41, 5.74) is 0.484. The molecule has 138 valence electrons. The molecular weight excluding hydrogens is 349 g/mol. The maximum atomic E-state index is 13.9. The summed E-state index contributed by atoms with van der Waals surface area (Å²) in [5, 5.41) is 32.4. The maximum absolute atomic E-state index is 13.9. The Morgan fingerprint density at radius 2 is 2.00 bits per heavy atom. The third-order valence-corrected chi connectivity index (χ3v) is 5.21. The number of rotatable bonds is 5. The van der Waals surface area contributed by atoms with Gasteiger partial charge in [0.25, 0.3) is 0 Å². The van der Waals surface area contributed by atoms with Crippen LogP contribution in [0.4, 0.5) is 10.2 Å². The molecule has 9 nitrogen and oxygen atoms in total. The van der Waals surface area contributed by atoms with Crippen LogP contribution < -0.4 is 5.32 Å². The van der Waals surface area contributed by atoms with Gasteiger partial charge in [-0.2, -0.15) is 14.4 Å². The van der Waals surface area contributed by atoms with Crippen molar-refractivity contribution < 1.29 is 24.4 Å². The number of hydrogen-bond acceptors (Lipinski definition) is 8. The van der Waals surface area contributed by atoms with Crippen LogP contribution in [0, 0.1) is 6.08 Å². The highest BCUT2D eigenvalue weighted by atomic mass is 28.3. The van der Waals surface area contributed by atoms with Gasteiger partial charge in [0.1, 0.15) is 18.3 Å². The molecule has 0 amide bonds. The summed E-state index contributed by atoms with van der Waals surface area (Å²) in [4.78, 5) is 11.7. The van der Waals surface area contributed by atoms with Gasteiger partial charge >= 0.3 is 6.08 Å². The van der Waals surface area contributed by atoms with Crippen LogP contribution in [0.2, 0.25) is 19.6 Å². The van der Waals surface area contributed by atoms with Crippen molar-refractivity contribution in [3.63, 3.8) is 0 Å². The van der Waals surface area contributed by atoms with E-state index in [4.69, 9.17) is 4.74 Å². The second-order valence-corrected chi connectivity index (χ2v) is 12.8. The smallest absolute Gasteiger partial charge is 0.312 e. The van der Waals surface area contributed by atoms with E-state index in [-0.39, 0.29) is 11.5 Å². The highest BCUT2D eigenvalue weighted by molar-refractivity contribution is 6.76. The fourth-order valence-electron chi connectivity index (χ4n) is 2.66. The van der Waals surface area contributed by atoms with Crippen molar-refractivity contribution in [3.8, 4) is 0 Å². The number of aromatic nitrogens is 4. The van der Waals surface area contributed by atoms with E-state index in [0.29, 0.717) is 11.7 Å². The maximum Gasteiger partial charge on any atom is 0.312 e. The summed E-state index contributed by atoms with van der Waals surface area (Å²) in [6.07, 6.45) is -3.43. The number of hydrogen-bond donors (Lipinski definition) is 4. The highest BCUT2D eigenvalue weighted by Gasteiger charge is 2.44. The molecule has 3 rings (SSSR count). The Morgan fingerprint density at radius 3 is 2.60 bits per heavy atom. The summed E-state index contributed by atoms with van der Waals surface area (Å²) < 4.78 is 20.7. The van der Waals surface area contributed by atoms with Crippen LogP contribution >= 0.6 is 0 Å². The molecule has 1 fully saturated rings. The number of halogens is 1. The molecule has 0 spiro atoms. The Balaban J connectivity index is 1.98. The third kappa shape index (κ3) is 3.51. The van der Waals surface area contributed by atoms with Crippen molar-refractivity contribution in [2.24, 2.45) is 0 Å². The van der Waals surface area contributed by atoms with E-state index in [2.05, 4.69) is 39.9 Å². The standard InChI is InChI=1S/C14H22FN5O4Si/c1-25(2,3)6-17-11-8-12(19-14(15)18-11)20(5-16-8)13-10(23)9(22)7(4-21)24-13/h5,7,9-10,13,21-23H,4,6H2,1-3H3,(H,17,18,19)/t7-,9-,10-,13-/m0/s1. The van der Waals surface area contributed by atoms with Crippen LogP contribution in [0.25, 0.3) is 11.2 Å². The van der Waals surface area contributed by atoms with Crippen molar-refractivity contribution >= 4 is 25.1 Å². The summed E-state index contributed by atoms with van der Waals surface area (Å²) in [6, 6.07) is 0. The Kier molecular flexibility index (Phi) is 4.77. The number of aliphatic hydroxyl groups is 3. The number of nitrogens with zero attached hydrogens (tertiary/aromatic N) is 4. The van der Waals surface area contributed by atoms with E-state index < -0.39 is 45.3 Å².